The summed E-state index contributed by atoms with van der Waals surface area (Å²) >= 11 is 0. The van der Waals surface area contributed by atoms with Crippen molar-refractivity contribution in [2.75, 3.05) is 0 Å². The second-order valence-corrected chi connectivity index (χ2v) is 16.5. The molecule has 0 saturated heterocycles. The minimum Gasteiger partial charge on any atom is -0.307 e. The van der Waals surface area contributed by atoms with Crippen molar-refractivity contribution in [3.63, 3.8) is 0 Å². The van der Waals surface area contributed by atoms with Crippen molar-refractivity contribution >= 4 is 43.6 Å². The van der Waals surface area contributed by atoms with E-state index in [0.29, 0.717) is 44.5 Å². The van der Waals surface area contributed by atoms with Gasteiger partial charge < -0.3 is 9.13 Å². The minimum atomic E-state index is -4.72. The lowest BCUT2D eigenvalue weighted by molar-refractivity contribution is -0.137. The summed E-state index contributed by atoms with van der Waals surface area (Å²) in [6, 6.07) is 47.0. The van der Waals surface area contributed by atoms with Gasteiger partial charge >= 0.3 is 12.4 Å². The predicted octanol–water partition coefficient (Wildman–Crippen LogP) is 16.0. The molecule has 0 aliphatic rings. The average molecular weight is 854 g/mol. The zero-order valence-corrected chi connectivity index (χ0v) is 35.0. The van der Waals surface area contributed by atoms with Gasteiger partial charge in [-0.15, -0.1) is 0 Å². The van der Waals surface area contributed by atoms with Crippen LogP contribution in [-0.4, -0.2) is 9.13 Å². The molecule has 3 nitrogen and oxygen atoms in total. The monoisotopic (exact) mass is 853 g/mol. The number of alkyl halides is 6. The smallest absolute Gasteiger partial charge is 0.307 e. The fourth-order valence-corrected chi connectivity index (χ4v) is 9.58. The molecule has 0 radical (unpaired) electrons. The number of aryl methyl sites for hydroxylation is 4. The largest absolute Gasteiger partial charge is 0.417 e. The zero-order chi connectivity index (χ0) is 44.8. The van der Waals surface area contributed by atoms with Crippen LogP contribution in [0.25, 0.3) is 88.4 Å². The zero-order valence-electron chi connectivity index (χ0n) is 35.0. The van der Waals surface area contributed by atoms with Crippen LogP contribution in [0.1, 0.15) is 38.9 Å². The molecule has 0 saturated carbocycles. The molecule has 0 aliphatic carbocycles. The molecule has 9 heteroatoms. The van der Waals surface area contributed by atoms with Crippen molar-refractivity contribution in [3.8, 4) is 50.8 Å². The number of hydrogen-bond donors (Lipinski definition) is 0. The topological polar surface area (TPSA) is 33.6 Å². The Labute approximate surface area is 364 Å². The maximum Gasteiger partial charge on any atom is 0.417 e. The van der Waals surface area contributed by atoms with Crippen LogP contribution in [-0.2, 0) is 12.4 Å². The molecule has 0 fully saturated rings. The fraction of sp³-hybridized carbons (Fsp3) is 0.109. The van der Waals surface area contributed by atoms with Crippen LogP contribution in [0.5, 0.6) is 0 Å². The molecular weight excluding hydrogens is 817 g/mol. The summed E-state index contributed by atoms with van der Waals surface area (Å²) < 4.78 is 92.3. The number of rotatable bonds is 5. The van der Waals surface area contributed by atoms with E-state index in [1.54, 1.807) is 56.3 Å². The molecule has 2 aromatic heterocycles. The van der Waals surface area contributed by atoms with Gasteiger partial charge in [0.1, 0.15) is 0 Å². The van der Waals surface area contributed by atoms with Crippen molar-refractivity contribution in [3.05, 3.63) is 191 Å². The molecule has 0 bridgehead atoms. The highest BCUT2D eigenvalue weighted by Gasteiger charge is 2.36. The van der Waals surface area contributed by atoms with Gasteiger partial charge in [0.05, 0.1) is 56.2 Å². The van der Waals surface area contributed by atoms with Crippen LogP contribution >= 0.6 is 0 Å². The fourth-order valence-electron chi connectivity index (χ4n) is 9.58. The summed E-state index contributed by atoms with van der Waals surface area (Å²) in [5, 5.41) is 14.1. The van der Waals surface area contributed by atoms with Gasteiger partial charge in [0.25, 0.3) is 0 Å². The molecule has 8 aromatic carbocycles. The third-order valence-corrected chi connectivity index (χ3v) is 12.4. The van der Waals surface area contributed by atoms with Crippen molar-refractivity contribution in [2.24, 2.45) is 0 Å². The molecule has 10 aromatic rings. The molecule has 0 amide bonds. The lowest BCUT2D eigenvalue weighted by Gasteiger charge is -2.22. The Morgan fingerprint density at radius 1 is 0.422 bits per heavy atom. The first kappa shape index (κ1) is 40.5. The average Bonchev–Trinajstić information content (AvgIpc) is 3.77. The van der Waals surface area contributed by atoms with E-state index >= 15 is 0 Å². The number of halogens is 6. The number of aromatic nitrogens is 2. The van der Waals surface area contributed by atoms with Gasteiger partial charge in [0, 0.05) is 27.1 Å². The molecule has 0 aliphatic heterocycles. The Morgan fingerprint density at radius 2 is 0.938 bits per heavy atom. The third-order valence-electron chi connectivity index (χ3n) is 12.4. The summed E-state index contributed by atoms with van der Waals surface area (Å²) in [7, 11) is 0. The summed E-state index contributed by atoms with van der Waals surface area (Å²) in [6.45, 7) is 7.36. The van der Waals surface area contributed by atoms with Crippen LogP contribution in [0.15, 0.2) is 152 Å². The van der Waals surface area contributed by atoms with Crippen LogP contribution in [0.3, 0.4) is 0 Å². The molecule has 0 spiro atoms. The summed E-state index contributed by atoms with van der Waals surface area (Å²) in [5.41, 5.74) is 7.92. The first-order valence-corrected chi connectivity index (χ1v) is 20.7. The van der Waals surface area contributed by atoms with Gasteiger partial charge in [-0.3, -0.25) is 0 Å². The van der Waals surface area contributed by atoms with E-state index < -0.39 is 23.5 Å². The van der Waals surface area contributed by atoms with E-state index in [-0.39, 0.29) is 22.3 Å². The lowest BCUT2D eigenvalue weighted by Crippen LogP contribution is -2.10. The van der Waals surface area contributed by atoms with Crippen molar-refractivity contribution in [1.82, 2.24) is 9.13 Å². The SMILES string of the molecule is Cc1ccc(-c2ccc3c(c2)c2ccccc2n3-c2cc(-c3c(C)cccc3C(F)(F)F)c(C#N)cc2-n2c3ccccc3c3cc(-c4ccc(C)cc4C(F)(F)F)ccc32)c(C)c1. The summed E-state index contributed by atoms with van der Waals surface area (Å²) in [4.78, 5) is 0. The highest BCUT2D eigenvalue weighted by atomic mass is 19.4. The number of para-hydroxylation sites is 2. The molecule has 0 atom stereocenters. The number of benzene rings is 8. The highest BCUT2D eigenvalue weighted by Crippen LogP contribution is 2.46. The first-order valence-electron chi connectivity index (χ1n) is 20.7. The molecule has 2 heterocycles. The Kier molecular flexibility index (Phi) is 9.35. The van der Waals surface area contributed by atoms with E-state index in [1.165, 1.54) is 12.1 Å². The van der Waals surface area contributed by atoms with Crippen LogP contribution in [0.2, 0.25) is 0 Å². The third kappa shape index (κ3) is 6.52. The molecule has 64 heavy (non-hydrogen) atoms. The maximum absolute atomic E-state index is 14.9. The number of hydrogen-bond acceptors (Lipinski definition) is 1. The number of nitriles is 1. The minimum absolute atomic E-state index is 0.0217. The van der Waals surface area contributed by atoms with Crippen molar-refractivity contribution in [1.29, 1.82) is 5.26 Å². The predicted molar refractivity (Wildman–Crippen MR) is 245 cm³/mol. The van der Waals surface area contributed by atoms with E-state index in [4.69, 9.17) is 0 Å². The van der Waals surface area contributed by atoms with E-state index in [1.807, 2.05) is 69.8 Å². The Bertz CT molecular complexity index is 3600. The van der Waals surface area contributed by atoms with Gasteiger partial charge in [0.15, 0.2) is 0 Å². The quantitative estimate of drug-likeness (QED) is 0.159. The molecule has 10 rings (SSSR count). The Morgan fingerprint density at radius 3 is 1.50 bits per heavy atom. The Hall–Kier alpha value is -7.57. The second kappa shape index (κ2) is 14.8. The van der Waals surface area contributed by atoms with Gasteiger partial charge in [-0.1, -0.05) is 102 Å². The second-order valence-electron chi connectivity index (χ2n) is 16.5. The highest BCUT2D eigenvalue weighted by molar-refractivity contribution is 6.13. The molecule has 314 valence electrons. The van der Waals surface area contributed by atoms with Crippen LogP contribution < -0.4 is 0 Å². The van der Waals surface area contributed by atoms with Crippen LogP contribution in [0.4, 0.5) is 26.3 Å². The van der Waals surface area contributed by atoms with Gasteiger partial charge in [-0.2, -0.15) is 31.6 Å². The molecule has 0 unspecified atom stereocenters. The lowest BCUT2D eigenvalue weighted by atomic mass is 9.90. The van der Waals surface area contributed by atoms with Crippen molar-refractivity contribution in [2.45, 2.75) is 40.0 Å². The van der Waals surface area contributed by atoms with E-state index in [9.17, 15) is 31.6 Å². The van der Waals surface area contributed by atoms with Crippen LogP contribution in [0, 0.1) is 39.0 Å². The Balaban J connectivity index is 1.33. The molecular formula is C55H37F6N3. The molecule has 0 N–H and O–H groups in total. The van der Waals surface area contributed by atoms with E-state index in [2.05, 4.69) is 44.2 Å². The van der Waals surface area contributed by atoms with Gasteiger partial charge in [-0.25, -0.2) is 0 Å². The number of fused-ring (bicyclic) bond motifs is 6. The standard InChI is InChI=1S/C55H37F6N3/c1-31-16-20-38(34(4)24-31)35-18-22-50-43(26-35)40-11-6-8-15-48(40)64(50)52-29-42(53-33(3)10-9-13-45(53)54(56,57)58)37(30-62)28-51(52)63-47-14-7-5-12-41(47)44-27-36(19-23-49(44)63)39-21-17-32(2)25-46(39)55(59,60)61/h5-29H,1-4H3. The normalized spacial score (nSPS) is 12.2. The van der Waals surface area contributed by atoms with E-state index in [0.717, 1.165) is 61.6 Å². The van der Waals surface area contributed by atoms with Gasteiger partial charge in [0.2, 0.25) is 0 Å². The summed E-state index contributed by atoms with van der Waals surface area (Å²) in [6.07, 6.45) is -9.32. The van der Waals surface area contributed by atoms with Crippen molar-refractivity contribution < 1.29 is 26.3 Å². The maximum atomic E-state index is 14.9. The number of nitrogens with zero attached hydrogens (tertiary/aromatic N) is 3. The summed E-state index contributed by atoms with van der Waals surface area (Å²) in [5.74, 6) is 0. The first-order chi connectivity index (χ1) is 30.6. The van der Waals surface area contributed by atoms with Gasteiger partial charge in [-0.05, 0) is 127 Å².